The van der Waals surface area contributed by atoms with Crippen LogP contribution in [0.2, 0.25) is 0 Å². The summed E-state index contributed by atoms with van der Waals surface area (Å²) in [4.78, 5) is 18.1. The quantitative estimate of drug-likeness (QED) is 0.348. The lowest BCUT2D eigenvalue weighted by molar-refractivity contribution is 0.106. The number of rotatable bonds is 7. The number of hydrogen-bond donors (Lipinski definition) is 1. The molecule has 0 aliphatic carbocycles. The summed E-state index contributed by atoms with van der Waals surface area (Å²) in [6, 6.07) is 13.7. The van der Waals surface area contributed by atoms with Crippen molar-refractivity contribution in [3.05, 3.63) is 59.8 Å². The van der Waals surface area contributed by atoms with Gasteiger partial charge in [0.1, 0.15) is 6.21 Å². The maximum absolute atomic E-state index is 11.5. The molecule has 1 N–H and O–H groups in total. The number of pyridine rings is 1. The Balaban J connectivity index is 0.00000243. The average molecular weight is 376 g/mol. The van der Waals surface area contributed by atoms with E-state index in [2.05, 4.69) is 39.3 Å². The van der Waals surface area contributed by atoms with Gasteiger partial charge in [-0.05, 0) is 24.6 Å². The molecule has 138 valence electrons. The Morgan fingerprint density at radius 3 is 2.81 bits per heavy atom. The van der Waals surface area contributed by atoms with Crippen molar-refractivity contribution in [2.24, 2.45) is 11.1 Å². The van der Waals surface area contributed by atoms with Crippen molar-refractivity contribution in [2.75, 3.05) is 19.7 Å². The number of carbonyl (C=O) groups excluding carboxylic acids is 1. The van der Waals surface area contributed by atoms with Crippen molar-refractivity contribution in [1.29, 1.82) is 0 Å². The molecule has 0 bridgehead atoms. The predicted molar refractivity (Wildman–Crippen MR) is 101 cm³/mol. The Bertz CT molecular complexity index is 723. The monoisotopic (exact) mass is 375 g/mol. The van der Waals surface area contributed by atoms with Crippen LogP contribution in [0, 0.1) is 5.92 Å². The number of halogens is 1. The van der Waals surface area contributed by atoms with Crippen LogP contribution in [0.15, 0.2) is 53.8 Å². The lowest BCUT2D eigenvalue weighted by Gasteiger charge is -2.16. The molecule has 0 saturated carbocycles. The first-order valence-electron chi connectivity index (χ1n) is 8.31. The van der Waals surface area contributed by atoms with Crippen molar-refractivity contribution in [3.8, 4) is 5.88 Å². The number of Topliss-reactive ketones (excluding diaryl/α,β-unsaturated/α-hetero) is 1. The van der Waals surface area contributed by atoms with Crippen molar-refractivity contribution >= 4 is 24.4 Å². The third-order valence-electron chi connectivity index (χ3n) is 4.28. The maximum Gasteiger partial charge on any atom is 0.213 e. The van der Waals surface area contributed by atoms with Gasteiger partial charge in [0.2, 0.25) is 11.7 Å². The molecule has 26 heavy (non-hydrogen) atoms. The summed E-state index contributed by atoms with van der Waals surface area (Å²) in [6.07, 6.45) is 3.38. The fourth-order valence-corrected chi connectivity index (χ4v) is 2.98. The van der Waals surface area contributed by atoms with E-state index in [1.165, 1.54) is 11.8 Å². The zero-order chi connectivity index (χ0) is 17.5. The van der Waals surface area contributed by atoms with E-state index >= 15 is 0 Å². The summed E-state index contributed by atoms with van der Waals surface area (Å²) in [7, 11) is 0. The number of oxime groups is 1. The number of aromatic nitrogens is 1. The summed E-state index contributed by atoms with van der Waals surface area (Å²) in [5.74, 6) is 0.584. The van der Waals surface area contributed by atoms with Crippen LogP contribution in [0.4, 0.5) is 0 Å². The van der Waals surface area contributed by atoms with Gasteiger partial charge in [0, 0.05) is 36.8 Å². The molecule has 1 aliphatic rings. The summed E-state index contributed by atoms with van der Waals surface area (Å²) in [5, 5.41) is 11.1. The largest absolute Gasteiger partial charge is 0.477 e. The van der Waals surface area contributed by atoms with E-state index in [9.17, 15) is 4.79 Å². The first kappa shape index (κ1) is 19.9. The van der Waals surface area contributed by atoms with Crippen LogP contribution in [-0.4, -0.2) is 46.8 Å². The second-order valence-corrected chi connectivity index (χ2v) is 6.18. The predicted octanol–water partition coefficient (Wildman–Crippen LogP) is 3.05. The smallest absolute Gasteiger partial charge is 0.213 e. The lowest BCUT2D eigenvalue weighted by atomic mass is 10.1. The molecule has 1 atom stereocenters. The van der Waals surface area contributed by atoms with Gasteiger partial charge < -0.3 is 9.94 Å². The van der Waals surface area contributed by atoms with E-state index in [-0.39, 0.29) is 12.4 Å². The Morgan fingerprint density at radius 1 is 1.31 bits per heavy atom. The van der Waals surface area contributed by atoms with E-state index in [0.717, 1.165) is 32.3 Å². The third-order valence-corrected chi connectivity index (χ3v) is 4.28. The van der Waals surface area contributed by atoms with Gasteiger partial charge in [0.25, 0.3) is 0 Å². The van der Waals surface area contributed by atoms with Crippen molar-refractivity contribution in [3.63, 3.8) is 0 Å². The highest BCUT2D eigenvalue weighted by molar-refractivity contribution is 6.35. The Kier molecular flexibility index (Phi) is 7.56. The number of ether oxygens (including phenoxy) is 1. The van der Waals surface area contributed by atoms with Crippen molar-refractivity contribution in [1.82, 2.24) is 9.88 Å². The molecule has 0 radical (unpaired) electrons. The minimum Gasteiger partial charge on any atom is -0.477 e. The zero-order valence-electron chi connectivity index (χ0n) is 14.3. The highest BCUT2D eigenvalue weighted by Gasteiger charge is 2.23. The summed E-state index contributed by atoms with van der Waals surface area (Å²) < 4.78 is 5.75. The van der Waals surface area contributed by atoms with Crippen LogP contribution in [0.1, 0.15) is 22.3 Å². The standard InChI is InChI=1S/C19H21N3O3.ClH/c23-18(11-21-24)17-6-7-19(20-10-17)25-14-16-8-9-22(13-16)12-15-4-2-1-3-5-15;/h1-7,10-11,16,24H,8-9,12-14H2;1H/b21-11+;. The third kappa shape index (κ3) is 5.54. The second-order valence-electron chi connectivity index (χ2n) is 6.18. The minimum atomic E-state index is -0.395. The zero-order valence-corrected chi connectivity index (χ0v) is 15.1. The molecule has 1 saturated heterocycles. The molecule has 6 nitrogen and oxygen atoms in total. The van der Waals surface area contributed by atoms with Gasteiger partial charge in [-0.3, -0.25) is 9.69 Å². The Hall–Kier alpha value is -2.44. The molecular weight excluding hydrogens is 354 g/mol. The van der Waals surface area contributed by atoms with Crippen molar-refractivity contribution < 1.29 is 14.7 Å². The van der Waals surface area contributed by atoms with Gasteiger partial charge in [-0.1, -0.05) is 35.5 Å². The van der Waals surface area contributed by atoms with Crippen LogP contribution >= 0.6 is 12.4 Å². The molecule has 1 unspecified atom stereocenters. The minimum absolute atomic E-state index is 0. The summed E-state index contributed by atoms with van der Waals surface area (Å²) in [6.45, 7) is 3.67. The van der Waals surface area contributed by atoms with Gasteiger partial charge in [-0.2, -0.15) is 0 Å². The molecule has 2 aromatic rings. The maximum atomic E-state index is 11.5. The van der Waals surface area contributed by atoms with Gasteiger partial charge >= 0.3 is 0 Å². The normalized spacial score (nSPS) is 17.2. The van der Waals surface area contributed by atoms with Crippen LogP contribution in [0.3, 0.4) is 0 Å². The Labute approximate surface area is 158 Å². The second kappa shape index (κ2) is 9.89. The van der Waals surface area contributed by atoms with E-state index in [1.807, 2.05) is 6.07 Å². The summed E-state index contributed by atoms with van der Waals surface area (Å²) in [5.41, 5.74) is 1.69. The number of nitrogens with zero attached hydrogens (tertiary/aromatic N) is 3. The summed E-state index contributed by atoms with van der Waals surface area (Å²) >= 11 is 0. The SMILES string of the molecule is Cl.O=C(/C=N/O)c1ccc(OCC2CCN(Cc3ccccc3)C2)nc1. The molecule has 1 aromatic heterocycles. The molecule has 1 fully saturated rings. The topological polar surface area (TPSA) is 75.0 Å². The van der Waals surface area contributed by atoms with Crippen LogP contribution in [-0.2, 0) is 6.54 Å². The molecule has 0 amide bonds. The van der Waals surface area contributed by atoms with Crippen LogP contribution < -0.4 is 4.74 Å². The molecule has 1 aromatic carbocycles. The number of hydrogen-bond acceptors (Lipinski definition) is 6. The average Bonchev–Trinajstić information content (AvgIpc) is 3.09. The van der Waals surface area contributed by atoms with Gasteiger partial charge in [0.05, 0.1) is 6.61 Å². The molecule has 7 heteroatoms. The number of likely N-dealkylation sites (tertiary alicyclic amines) is 1. The van der Waals surface area contributed by atoms with Crippen LogP contribution in [0.5, 0.6) is 5.88 Å². The lowest BCUT2D eigenvalue weighted by Crippen LogP contribution is -2.22. The molecule has 1 aliphatic heterocycles. The van der Waals surface area contributed by atoms with Gasteiger partial charge in [-0.15, -0.1) is 12.4 Å². The molecular formula is C19H22ClN3O3. The Morgan fingerprint density at radius 2 is 2.12 bits per heavy atom. The number of carbonyl (C=O) groups is 1. The fraction of sp³-hybridized carbons (Fsp3) is 0.316. The van der Waals surface area contributed by atoms with E-state index in [0.29, 0.717) is 24.0 Å². The van der Waals surface area contributed by atoms with E-state index in [1.54, 1.807) is 12.1 Å². The first-order valence-corrected chi connectivity index (χ1v) is 8.31. The first-order chi connectivity index (χ1) is 12.2. The van der Waals surface area contributed by atoms with Gasteiger partial charge in [0.15, 0.2) is 0 Å². The number of ketones is 1. The van der Waals surface area contributed by atoms with E-state index in [4.69, 9.17) is 9.94 Å². The molecule has 3 rings (SSSR count). The van der Waals surface area contributed by atoms with Crippen LogP contribution in [0.25, 0.3) is 0 Å². The highest BCUT2D eigenvalue weighted by Crippen LogP contribution is 2.20. The van der Waals surface area contributed by atoms with Gasteiger partial charge in [-0.25, -0.2) is 4.98 Å². The van der Waals surface area contributed by atoms with Crippen molar-refractivity contribution in [2.45, 2.75) is 13.0 Å². The van der Waals surface area contributed by atoms with E-state index < -0.39 is 5.78 Å². The number of benzene rings is 1. The highest BCUT2D eigenvalue weighted by atomic mass is 35.5. The molecule has 0 spiro atoms. The fourth-order valence-electron chi connectivity index (χ4n) is 2.98. The molecule has 2 heterocycles.